The lowest BCUT2D eigenvalue weighted by Crippen LogP contribution is -2.06. The van der Waals surface area contributed by atoms with E-state index >= 15 is 0 Å². The van der Waals surface area contributed by atoms with Gasteiger partial charge in [0.1, 0.15) is 0 Å². The van der Waals surface area contributed by atoms with Gasteiger partial charge in [0.15, 0.2) is 0 Å². The fourth-order valence-corrected chi connectivity index (χ4v) is 0.751. The van der Waals surface area contributed by atoms with E-state index in [-0.39, 0.29) is 0 Å². The normalized spacial score (nSPS) is 10.5. The lowest BCUT2D eigenvalue weighted by atomic mass is 10.4. The van der Waals surface area contributed by atoms with E-state index in [0.717, 1.165) is 39.3 Å². The van der Waals surface area contributed by atoms with Crippen LogP contribution in [0.5, 0.6) is 0 Å². The monoisotopic (exact) mass is 173 g/mol. The van der Waals surface area contributed by atoms with Gasteiger partial charge in [0.05, 0.1) is 13.2 Å². The van der Waals surface area contributed by atoms with Crippen LogP contribution in [-0.4, -0.2) is 26.4 Å². The van der Waals surface area contributed by atoms with Gasteiger partial charge in [-0.3, -0.25) is 0 Å². The third kappa shape index (κ3) is 9.92. The predicted molar refractivity (Wildman–Crippen MR) is 51.1 cm³/mol. The number of hydrogen-bond donors (Lipinski definition) is 0. The van der Waals surface area contributed by atoms with Crippen molar-refractivity contribution in [2.45, 2.75) is 33.1 Å². The molecule has 1 radical (unpaired) electrons. The molecule has 0 rings (SSSR count). The topological polar surface area (TPSA) is 18.5 Å². The van der Waals surface area contributed by atoms with Crippen molar-refractivity contribution in [2.24, 2.45) is 0 Å². The molecular weight excluding hydrogens is 152 g/mol. The molecule has 12 heavy (non-hydrogen) atoms. The van der Waals surface area contributed by atoms with E-state index < -0.39 is 0 Å². The van der Waals surface area contributed by atoms with E-state index in [4.69, 9.17) is 9.47 Å². The molecule has 0 aliphatic heterocycles. The fraction of sp³-hybridized carbons (Fsp3) is 0.900. The molecule has 0 unspecified atom stereocenters. The summed E-state index contributed by atoms with van der Waals surface area (Å²) in [4.78, 5) is 0. The predicted octanol–water partition coefficient (Wildman–Crippen LogP) is 2.43. The minimum atomic E-state index is 0.722. The van der Waals surface area contributed by atoms with Gasteiger partial charge in [-0.1, -0.05) is 26.7 Å². The molecule has 0 aliphatic carbocycles. The highest BCUT2D eigenvalue weighted by Crippen LogP contribution is 1.89. The molecule has 0 aliphatic rings. The summed E-state index contributed by atoms with van der Waals surface area (Å²) in [7, 11) is 0. The maximum atomic E-state index is 5.32. The number of hydrogen-bond acceptors (Lipinski definition) is 2. The van der Waals surface area contributed by atoms with Crippen molar-refractivity contribution in [1.82, 2.24) is 0 Å². The van der Waals surface area contributed by atoms with Crippen molar-refractivity contribution < 1.29 is 9.47 Å². The smallest absolute Gasteiger partial charge is 0.0700 e. The Bertz CT molecular complexity index is 64.2. The molecule has 0 aromatic carbocycles. The molecule has 0 bridgehead atoms. The van der Waals surface area contributed by atoms with Crippen molar-refractivity contribution in [3.05, 3.63) is 6.42 Å². The van der Waals surface area contributed by atoms with E-state index in [0.29, 0.717) is 0 Å². The summed E-state index contributed by atoms with van der Waals surface area (Å²) in [6.07, 6.45) is 5.55. The summed E-state index contributed by atoms with van der Waals surface area (Å²) in [5.41, 5.74) is 0. The molecule has 73 valence electrons. The van der Waals surface area contributed by atoms with E-state index in [9.17, 15) is 0 Å². The van der Waals surface area contributed by atoms with Crippen LogP contribution in [0.3, 0.4) is 0 Å². The number of ether oxygens (including phenoxy) is 2. The second-order valence-corrected chi connectivity index (χ2v) is 2.74. The van der Waals surface area contributed by atoms with Gasteiger partial charge in [0, 0.05) is 13.2 Å². The first kappa shape index (κ1) is 11.9. The molecule has 0 spiro atoms. The molecule has 0 saturated carbocycles. The Balaban J connectivity index is 2.73. The standard InChI is InChI=1S/C10H21O2/c1-3-5-7-11-9-10-12-8-6-4-2/h5H,3-4,6-10H2,1-2H3. The third-order valence-corrected chi connectivity index (χ3v) is 1.54. The maximum absolute atomic E-state index is 5.32. The third-order valence-electron chi connectivity index (χ3n) is 1.54. The van der Waals surface area contributed by atoms with Gasteiger partial charge in [-0.25, -0.2) is 0 Å². The number of unbranched alkanes of at least 4 members (excludes halogenated alkanes) is 2. The first-order chi connectivity index (χ1) is 5.91. The Morgan fingerprint density at radius 3 is 2.42 bits per heavy atom. The van der Waals surface area contributed by atoms with Crippen LogP contribution in [0.4, 0.5) is 0 Å². The molecule has 2 heteroatoms. The van der Waals surface area contributed by atoms with Gasteiger partial charge in [0.2, 0.25) is 0 Å². The lowest BCUT2D eigenvalue weighted by molar-refractivity contribution is 0.0538. The highest BCUT2D eigenvalue weighted by Gasteiger charge is 1.88. The average Bonchev–Trinajstić information content (AvgIpc) is 2.10. The van der Waals surface area contributed by atoms with Gasteiger partial charge < -0.3 is 9.47 Å². The maximum Gasteiger partial charge on any atom is 0.0700 e. The summed E-state index contributed by atoms with van der Waals surface area (Å²) in [5, 5.41) is 0. The van der Waals surface area contributed by atoms with Crippen LogP contribution in [0.2, 0.25) is 0 Å². The first-order valence-electron chi connectivity index (χ1n) is 4.89. The molecule has 0 aromatic rings. The fourth-order valence-electron chi connectivity index (χ4n) is 0.751. The second kappa shape index (κ2) is 10.9. The van der Waals surface area contributed by atoms with Crippen LogP contribution in [0.15, 0.2) is 0 Å². The Hall–Kier alpha value is -0.0800. The van der Waals surface area contributed by atoms with Crippen LogP contribution in [0.25, 0.3) is 0 Å². The minimum absolute atomic E-state index is 0.722. The van der Waals surface area contributed by atoms with Crippen LogP contribution in [0.1, 0.15) is 33.1 Å². The zero-order valence-corrected chi connectivity index (χ0v) is 8.34. The number of rotatable bonds is 9. The molecule has 0 fully saturated rings. The first-order valence-corrected chi connectivity index (χ1v) is 4.89. The molecule has 2 nitrogen and oxygen atoms in total. The van der Waals surface area contributed by atoms with Crippen molar-refractivity contribution >= 4 is 0 Å². The zero-order chi connectivity index (χ0) is 9.07. The molecule has 0 atom stereocenters. The van der Waals surface area contributed by atoms with Crippen molar-refractivity contribution in [2.75, 3.05) is 26.4 Å². The quantitative estimate of drug-likeness (QED) is 0.499. The minimum Gasteiger partial charge on any atom is -0.379 e. The Labute approximate surface area is 76.3 Å². The summed E-state index contributed by atoms with van der Waals surface area (Å²) in [6, 6.07) is 0. The summed E-state index contributed by atoms with van der Waals surface area (Å²) in [6.45, 7) is 7.36. The van der Waals surface area contributed by atoms with Crippen molar-refractivity contribution in [1.29, 1.82) is 0 Å². The van der Waals surface area contributed by atoms with Crippen LogP contribution in [-0.2, 0) is 9.47 Å². The van der Waals surface area contributed by atoms with Crippen molar-refractivity contribution in [3.8, 4) is 0 Å². The van der Waals surface area contributed by atoms with Crippen LogP contribution in [0, 0.1) is 6.42 Å². The SMILES string of the molecule is CC[CH]COCCOCCCC. The second-order valence-electron chi connectivity index (χ2n) is 2.74. The summed E-state index contributed by atoms with van der Waals surface area (Å²) in [5.74, 6) is 0. The van der Waals surface area contributed by atoms with Gasteiger partial charge in [0.25, 0.3) is 0 Å². The van der Waals surface area contributed by atoms with E-state index in [1.165, 1.54) is 6.42 Å². The van der Waals surface area contributed by atoms with Gasteiger partial charge in [-0.05, 0) is 12.8 Å². The molecule has 0 saturated heterocycles. The van der Waals surface area contributed by atoms with Crippen LogP contribution >= 0.6 is 0 Å². The highest BCUT2D eigenvalue weighted by atomic mass is 16.5. The van der Waals surface area contributed by atoms with E-state index in [1.807, 2.05) is 0 Å². The molecule has 0 N–H and O–H groups in total. The van der Waals surface area contributed by atoms with Gasteiger partial charge in [-0.15, -0.1) is 0 Å². The highest BCUT2D eigenvalue weighted by molar-refractivity contribution is 4.57. The van der Waals surface area contributed by atoms with E-state index in [2.05, 4.69) is 20.3 Å². The largest absolute Gasteiger partial charge is 0.379 e. The Kier molecular flexibility index (Phi) is 10.8. The van der Waals surface area contributed by atoms with E-state index in [1.54, 1.807) is 0 Å². The lowest BCUT2D eigenvalue weighted by Gasteiger charge is -2.03. The van der Waals surface area contributed by atoms with Gasteiger partial charge in [-0.2, -0.15) is 0 Å². The van der Waals surface area contributed by atoms with Crippen LogP contribution < -0.4 is 0 Å². The average molecular weight is 173 g/mol. The molecule has 0 aromatic heterocycles. The van der Waals surface area contributed by atoms with Crippen molar-refractivity contribution in [3.63, 3.8) is 0 Å². The Morgan fingerprint density at radius 1 is 1.00 bits per heavy atom. The molecular formula is C10H21O2. The summed E-state index contributed by atoms with van der Waals surface area (Å²) < 4.78 is 10.6. The summed E-state index contributed by atoms with van der Waals surface area (Å²) >= 11 is 0. The van der Waals surface area contributed by atoms with Gasteiger partial charge >= 0.3 is 0 Å². The zero-order valence-electron chi connectivity index (χ0n) is 8.34. The molecule has 0 amide bonds. The Morgan fingerprint density at radius 2 is 1.75 bits per heavy atom. The molecule has 0 heterocycles.